The molecule has 0 fully saturated rings. The van der Waals surface area contributed by atoms with E-state index in [1.807, 2.05) is 35.0 Å². The first-order valence-corrected chi connectivity index (χ1v) is 8.69. The van der Waals surface area contributed by atoms with Crippen molar-refractivity contribution in [2.24, 2.45) is 0 Å². The van der Waals surface area contributed by atoms with E-state index in [1.54, 1.807) is 19.3 Å². The van der Waals surface area contributed by atoms with Crippen LogP contribution >= 0.6 is 11.6 Å². The normalized spacial score (nSPS) is 12.3. The van der Waals surface area contributed by atoms with Gasteiger partial charge in [-0.1, -0.05) is 11.6 Å². The molecule has 2 N–H and O–H groups in total. The molecular weight excluding hydrogens is 367 g/mol. The van der Waals surface area contributed by atoms with Crippen molar-refractivity contribution in [2.45, 2.75) is 13.0 Å². The molecule has 0 aliphatic heterocycles. The zero-order valence-electron chi connectivity index (χ0n) is 14.4. The van der Waals surface area contributed by atoms with Crippen molar-refractivity contribution in [2.75, 3.05) is 5.73 Å². The molecule has 0 saturated carbocycles. The molecule has 3 aromatic heterocycles. The number of imidazole rings is 1. The number of nitrogens with zero attached hydrogens (tertiary/aromatic N) is 3. The fourth-order valence-corrected chi connectivity index (χ4v) is 3.15. The Hall–Kier alpha value is -3.12. The highest BCUT2D eigenvalue weighted by Crippen LogP contribution is 2.33. The van der Waals surface area contributed by atoms with E-state index in [2.05, 4.69) is 9.97 Å². The Labute approximate surface area is 160 Å². The lowest BCUT2D eigenvalue weighted by atomic mass is 10.1. The number of hydrogen-bond donors (Lipinski definition) is 1. The summed E-state index contributed by atoms with van der Waals surface area (Å²) < 4.78 is 21.4. The van der Waals surface area contributed by atoms with Crippen LogP contribution in [0.25, 0.3) is 16.8 Å². The first-order valence-electron chi connectivity index (χ1n) is 8.31. The van der Waals surface area contributed by atoms with Crippen molar-refractivity contribution in [3.63, 3.8) is 0 Å². The van der Waals surface area contributed by atoms with Gasteiger partial charge < -0.3 is 14.9 Å². The SMILES string of the molecule is CC(Oc1cc(-c2ccc3nccn3c2)cnc1N)c1cc(F)ccc1Cl. The molecule has 1 unspecified atom stereocenters. The molecule has 1 atom stereocenters. The third-order valence-electron chi connectivity index (χ3n) is 4.30. The second-order valence-electron chi connectivity index (χ2n) is 6.14. The average Bonchev–Trinajstić information content (AvgIpc) is 3.13. The minimum Gasteiger partial charge on any atom is -0.482 e. The van der Waals surface area contributed by atoms with E-state index in [-0.39, 0.29) is 11.6 Å². The lowest BCUT2D eigenvalue weighted by molar-refractivity contribution is 0.227. The van der Waals surface area contributed by atoms with Gasteiger partial charge in [-0.05, 0) is 43.3 Å². The largest absolute Gasteiger partial charge is 0.482 e. The maximum atomic E-state index is 13.6. The number of aromatic nitrogens is 3. The minimum atomic E-state index is -0.497. The van der Waals surface area contributed by atoms with Gasteiger partial charge in [0.1, 0.15) is 17.6 Å². The van der Waals surface area contributed by atoms with Crippen LogP contribution in [-0.4, -0.2) is 14.4 Å². The van der Waals surface area contributed by atoms with Crippen molar-refractivity contribution >= 4 is 23.1 Å². The molecule has 0 aliphatic rings. The summed E-state index contributed by atoms with van der Waals surface area (Å²) in [5, 5.41) is 0.428. The highest BCUT2D eigenvalue weighted by molar-refractivity contribution is 6.31. The number of rotatable bonds is 4. The van der Waals surface area contributed by atoms with Crippen LogP contribution in [0.2, 0.25) is 5.02 Å². The van der Waals surface area contributed by atoms with E-state index < -0.39 is 6.10 Å². The van der Waals surface area contributed by atoms with Gasteiger partial charge in [0.25, 0.3) is 0 Å². The molecule has 4 rings (SSSR count). The van der Waals surface area contributed by atoms with Gasteiger partial charge in [-0.25, -0.2) is 14.4 Å². The van der Waals surface area contributed by atoms with Crippen LogP contribution in [0.3, 0.4) is 0 Å². The third kappa shape index (κ3) is 3.44. The molecule has 0 spiro atoms. The Morgan fingerprint density at radius 3 is 2.85 bits per heavy atom. The van der Waals surface area contributed by atoms with Crippen molar-refractivity contribution in [3.05, 3.63) is 77.6 Å². The van der Waals surface area contributed by atoms with Crippen LogP contribution in [0.5, 0.6) is 5.75 Å². The highest BCUT2D eigenvalue weighted by atomic mass is 35.5. The maximum Gasteiger partial charge on any atom is 0.166 e. The van der Waals surface area contributed by atoms with Gasteiger partial charge in [0.2, 0.25) is 0 Å². The number of hydrogen-bond acceptors (Lipinski definition) is 4. The molecule has 136 valence electrons. The first-order chi connectivity index (χ1) is 13.0. The molecule has 0 aliphatic carbocycles. The van der Waals surface area contributed by atoms with Gasteiger partial charge in [-0.3, -0.25) is 0 Å². The Balaban J connectivity index is 1.67. The highest BCUT2D eigenvalue weighted by Gasteiger charge is 2.15. The molecule has 5 nitrogen and oxygen atoms in total. The summed E-state index contributed by atoms with van der Waals surface area (Å²) in [5.74, 6) is 0.284. The summed E-state index contributed by atoms with van der Waals surface area (Å²) in [7, 11) is 0. The van der Waals surface area contributed by atoms with Crippen LogP contribution in [0, 0.1) is 5.82 Å². The Bertz CT molecular complexity index is 1130. The second kappa shape index (κ2) is 6.89. The standard InChI is InChI=1S/C20H16ClFN4O/c1-12(16-9-15(22)3-4-17(16)21)27-18-8-14(10-25-20(18)23)13-2-5-19-24-6-7-26(19)11-13/h2-12H,1H3,(H2,23,25). The molecular formula is C20H16ClFN4O. The molecule has 27 heavy (non-hydrogen) atoms. The quantitative estimate of drug-likeness (QED) is 0.544. The Kier molecular flexibility index (Phi) is 4.41. The number of pyridine rings is 2. The van der Waals surface area contributed by atoms with Crippen molar-refractivity contribution < 1.29 is 9.13 Å². The summed E-state index contributed by atoms with van der Waals surface area (Å²) in [6, 6.07) is 9.84. The van der Waals surface area contributed by atoms with E-state index in [1.165, 1.54) is 18.2 Å². The number of anilines is 1. The molecule has 3 heterocycles. The van der Waals surface area contributed by atoms with Crippen molar-refractivity contribution in [3.8, 4) is 16.9 Å². The van der Waals surface area contributed by atoms with E-state index in [0.717, 1.165) is 16.8 Å². The van der Waals surface area contributed by atoms with Crippen LogP contribution in [0.1, 0.15) is 18.6 Å². The zero-order valence-corrected chi connectivity index (χ0v) is 15.2. The topological polar surface area (TPSA) is 65.4 Å². The van der Waals surface area contributed by atoms with E-state index in [9.17, 15) is 4.39 Å². The molecule has 0 saturated heterocycles. The minimum absolute atomic E-state index is 0.252. The lowest BCUT2D eigenvalue weighted by Crippen LogP contribution is -2.07. The van der Waals surface area contributed by atoms with Crippen molar-refractivity contribution in [1.82, 2.24) is 14.4 Å². The first kappa shape index (κ1) is 17.3. The third-order valence-corrected chi connectivity index (χ3v) is 4.65. The van der Waals surface area contributed by atoms with E-state index >= 15 is 0 Å². The van der Waals surface area contributed by atoms with Gasteiger partial charge in [0, 0.05) is 46.5 Å². The number of halogens is 2. The molecule has 0 radical (unpaired) electrons. The predicted octanol–water partition coefficient (Wildman–Crippen LogP) is 4.91. The molecule has 1 aromatic carbocycles. The summed E-state index contributed by atoms with van der Waals surface area (Å²) in [6.45, 7) is 1.78. The van der Waals surface area contributed by atoms with Crippen LogP contribution in [0.4, 0.5) is 10.2 Å². The number of benzene rings is 1. The predicted molar refractivity (Wildman–Crippen MR) is 103 cm³/mol. The molecule has 0 bridgehead atoms. The average molecular weight is 383 g/mol. The van der Waals surface area contributed by atoms with Crippen LogP contribution < -0.4 is 10.5 Å². The monoisotopic (exact) mass is 382 g/mol. The van der Waals surface area contributed by atoms with Crippen LogP contribution in [0.15, 0.2) is 61.2 Å². The Morgan fingerprint density at radius 2 is 2.00 bits per heavy atom. The van der Waals surface area contributed by atoms with E-state index in [4.69, 9.17) is 22.1 Å². The summed E-state index contributed by atoms with van der Waals surface area (Å²) in [5.41, 5.74) is 9.15. The van der Waals surface area contributed by atoms with Gasteiger partial charge >= 0.3 is 0 Å². The number of ether oxygens (including phenoxy) is 1. The number of fused-ring (bicyclic) bond motifs is 1. The molecule has 4 aromatic rings. The zero-order chi connectivity index (χ0) is 19.0. The Morgan fingerprint density at radius 1 is 1.15 bits per heavy atom. The fourth-order valence-electron chi connectivity index (χ4n) is 2.88. The fraction of sp³-hybridized carbons (Fsp3) is 0.100. The maximum absolute atomic E-state index is 13.6. The number of nitrogen functional groups attached to an aromatic ring is 1. The molecule has 7 heteroatoms. The van der Waals surface area contributed by atoms with Gasteiger partial charge in [0.05, 0.1) is 0 Å². The molecule has 0 amide bonds. The van der Waals surface area contributed by atoms with Gasteiger partial charge in [-0.2, -0.15) is 0 Å². The summed E-state index contributed by atoms with van der Waals surface area (Å²) >= 11 is 6.17. The van der Waals surface area contributed by atoms with Gasteiger partial charge in [0.15, 0.2) is 11.6 Å². The van der Waals surface area contributed by atoms with Crippen LogP contribution in [-0.2, 0) is 0 Å². The van der Waals surface area contributed by atoms with Gasteiger partial charge in [-0.15, -0.1) is 0 Å². The summed E-state index contributed by atoms with van der Waals surface area (Å²) in [4.78, 5) is 8.46. The second-order valence-corrected chi connectivity index (χ2v) is 6.55. The smallest absolute Gasteiger partial charge is 0.166 e. The number of nitrogens with two attached hydrogens (primary N) is 1. The van der Waals surface area contributed by atoms with Crippen molar-refractivity contribution in [1.29, 1.82) is 0 Å². The summed E-state index contributed by atoms with van der Waals surface area (Å²) in [6.07, 6.45) is 6.74. The lowest BCUT2D eigenvalue weighted by Gasteiger charge is -2.18. The van der Waals surface area contributed by atoms with E-state index in [0.29, 0.717) is 16.3 Å².